The van der Waals surface area contributed by atoms with Crippen LogP contribution in [0.4, 0.5) is 0 Å². The van der Waals surface area contributed by atoms with E-state index in [0.29, 0.717) is 6.54 Å². The summed E-state index contributed by atoms with van der Waals surface area (Å²) < 4.78 is 0. The van der Waals surface area contributed by atoms with Gasteiger partial charge in [0.1, 0.15) is 0 Å². The minimum absolute atomic E-state index is 0.0122. The van der Waals surface area contributed by atoms with Gasteiger partial charge in [-0.05, 0) is 26.2 Å². The number of hydrogen-bond donors (Lipinski definition) is 0. The first-order valence-corrected chi connectivity index (χ1v) is 8.39. The predicted molar refractivity (Wildman–Crippen MR) is 85.9 cm³/mol. The number of piperidine rings is 1. The standard InChI is InChI=1S/C17H32N2O2/c1-6-8-11-18(7-2)15(20)14-10-9-12-19(13-14)16(21)17(3,4)5/h14H,6-13H2,1-5H3. The number of nitrogens with zero attached hydrogens (tertiary/aromatic N) is 2. The molecule has 1 heterocycles. The fourth-order valence-electron chi connectivity index (χ4n) is 2.87. The molecule has 0 bridgehead atoms. The lowest BCUT2D eigenvalue weighted by molar-refractivity contribution is -0.145. The van der Waals surface area contributed by atoms with E-state index in [4.69, 9.17) is 0 Å². The highest BCUT2D eigenvalue weighted by atomic mass is 16.2. The van der Waals surface area contributed by atoms with Crippen molar-refractivity contribution in [2.75, 3.05) is 26.2 Å². The summed E-state index contributed by atoms with van der Waals surface area (Å²) in [6.07, 6.45) is 4.00. The second-order valence-electron chi connectivity index (χ2n) is 7.11. The molecule has 1 fully saturated rings. The van der Waals surface area contributed by atoms with Crippen LogP contribution in [0, 0.1) is 11.3 Å². The Kier molecular flexibility index (Phi) is 6.69. The molecular weight excluding hydrogens is 264 g/mol. The van der Waals surface area contributed by atoms with Gasteiger partial charge in [0.25, 0.3) is 0 Å². The third kappa shape index (κ3) is 5.01. The number of rotatable bonds is 5. The minimum Gasteiger partial charge on any atom is -0.343 e. The highest BCUT2D eigenvalue weighted by Crippen LogP contribution is 2.24. The fourth-order valence-corrected chi connectivity index (χ4v) is 2.87. The van der Waals surface area contributed by atoms with Crippen molar-refractivity contribution in [3.8, 4) is 0 Å². The topological polar surface area (TPSA) is 40.6 Å². The molecule has 1 saturated heterocycles. The lowest BCUT2D eigenvalue weighted by atomic mass is 9.90. The molecule has 1 aliphatic rings. The summed E-state index contributed by atoms with van der Waals surface area (Å²) in [6.45, 7) is 13.0. The van der Waals surface area contributed by atoms with Gasteiger partial charge >= 0.3 is 0 Å². The monoisotopic (exact) mass is 296 g/mol. The summed E-state index contributed by atoms with van der Waals surface area (Å²) >= 11 is 0. The van der Waals surface area contributed by atoms with Crippen LogP contribution in [0.5, 0.6) is 0 Å². The van der Waals surface area contributed by atoms with Crippen molar-refractivity contribution < 1.29 is 9.59 Å². The van der Waals surface area contributed by atoms with E-state index >= 15 is 0 Å². The number of carbonyl (C=O) groups is 2. The van der Waals surface area contributed by atoms with E-state index in [2.05, 4.69) is 6.92 Å². The Morgan fingerprint density at radius 1 is 1.24 bits per heavy atom. The molecule has 0 aromatic rings. The van der Waals surface area contributed by atoms with E-state index in [1.807, 2.05) is 37.5 Å². The minimum atomic E-state index is -0.364. The molecule has 4 nitrogen and oxygen atoms in total. The highest BCUT2D eigenvalue weighted by molar-refractivity contribution is 5.84. The van der Waals surface area contributed by atoms with Crippen molar-refractivity contribution in [3.05, 3.63) is 0 Å². The van der Waals surface area contributed by atoms with E-state index in [0.717, 1.165) is 45.3 Å². The molecule has 0 aliphatic carbocycles. The van der Waals surface area contributed by atoms with Crippen LogP contribution < -0.4 is 0 Å². The van der Waals surface area contributed by atoms with Crippen LogP contribution in [0.2, 0.25) is 0 Å². The van der Waals surface area contributed by atoms with Gasteiger partial charge in [-0.15, -0.1) is 0 Å². The predicted octanol–water partition coefficient (Wildman–Crippen LogP) is 2.92. The summed E-state index contributed by atoms with van der Waals surface area (Å²) in [4.78, 5) is 28.9. The quantitative estimate of drug-likeness (QED) is 0.782. The molecule has 1 unspecified atom stereocenters. The highest BCUT2D eigenvalue weighted by Gasteiger charge is 2.34. The average Bonchev–Trinajstić information content (AvgIpc) is 2.46. The largest absolute Gasteiger partial charge is 0.343 e. The second kappa shape index (κ2) is 7.81. The zero-order chi connectivity index (χ0) is 16.0. The first kappa shape index (κ1) is 18.0. The molecule has 0 spiro atoms. The van der Waals surface area contributed by atoms with Crippen LogP contribution in [0.1, 0.15) is 60.3 Å². The number of hydrogen-bond acceptors (Lipinski definition) is 2. The first-order valence-electron chi connectivity index (χ1n) is 8.39. The molecule has 2 amide bonds. The number of amides is 2. The van der Waals surface area contributed by atoms with Gasteiger partial charge in [0.15, 0.2) is 0 Å². The van der Waals surface area contributed by atoms with Crippen molar-refractivity contribution in [3.63, 3.8) is 0 Å². The Morgan fingerprint density at radius 3 is 2.43 bits per heavy atom. The molecule has 0 aromatic heterocycles. The summed E-state index contributed by atoms with van der Waals surface area (Å²) in [5, 5.41) is 0. The Balaban J connectivity index is 2.66. The average molecular weight is 296 g/mol. The zero-order valence-electron chi connectivity index (χ0n) is 14.4. The van der Waals surface area contributed by atoms with Crippen LogP contribution in [-0.2, 0) is 9.59 Å². The van der Waals surface area contributed by atoms with E-state index in [1.165, 1.54) is 0 Å². The Labute approximate surface area is 129 Å². The fraction of sp³-hybridized carbons (Fsp3) is 0.882. The normalized spacial score (nSPS) is 19.5. The van der Waals surface area contributed by atoms with Crippen LogP contribution in [0.3, 0.4) is 0 Å². The summed E-state index contributed by atoms with van der Waals surface area (Å²) in [5.74, 6) is 0.385. The second-order valence-corrected chi connectivity index (χ2v) is 7.11. The third-order valence-electron chi connectivity index (χ3n) is 4.17. The zero-order valence-corrected chi connectivity index (χ0v) is 14.4. The molecule has 1 rings (SSSR count). The maximum Gasteiger partial charge on any atom is 0.227 e. The Hall–Kier alpha value is -1.06. The molecule has 1 atom stereocenters. The van der Waals surface area contributed by atoms with E-state index < -0.39 is 0 Å². The molecule has 21 heavy (non-hydrogen) atoms. The van der Waals surface area contributed by atoms with Crippen molar-refractivity contribution in [2.45, 2.75) is 60.3 Å². The van der Waals surface area contributed by atoms with Gasteiger partial charge in [-0.3, -0.25) is 9.59 Å². The first-order chi connectivity index (χ1) is 9.81. The van der Waals surface area contributed by atoms with Gasteiger partial charge in [0, 0.05) is 31.6 Å². The molecule has 1 aliphatic heterocycles. The maximum atomic E-state index is 12.6. The van der Waals surface area contributed by atoms with Gasteiger partial charge in [0.2, 0.25) is 11.8 Å². The molecule has 0 radical (unpaired) electrons. The molecule has 0 aromatic carbocycles. The summed E-state index contributed by atoms with van der Waals surface area (Å²) in [5.41, 5.74) is -0.364. The Bertz CT molecular complexity index is 360. The summed E-state index contributed by atoms with van der Waals surface area (Å²) in [6, 6.07) is 0. The van der Waals surface area contributed by atoms with E-state index in [-0.39, 0.29) is 23.1 Å². The molecule has 122 valence electrons. The van der Waals surface area contributed by atoms with Crippen molar-refractivity contribution in [1.82, 2.24) is 9.80 Å². The van der Waals surface area contributed by atoms with Crippen molar-refractivity contribution in [1.29, 1.82) is 0 Å². The van der Waals surface area contributed by atoms with Gasteiger partial charge in [0.05, 0.1) is 5.92 Å². The van der Waals surface area contributed by atoms with E-state index in [9.17, 15) is 9.59 Å². The van der Waals surface area contributed by atoms with E-state index in [1.54, 1.807) is 0 Å². The van der Waals surface area contributed by atoms with Crippen LogP contribution in [0.15, 0.2) is 0 Å². The van der Waals surface area contributed by atoms with Gasteiger partial charge in [-0.25, -0.2) is 0 Å². The van der Waals surface area contributed by atoms with Gasteiger partial charge in [-0.1, -0.05) is 34.1 Å². The van der Waals surface area contributed by atoms with Crippen molar-refractivity contribution >= 4 is 11.8 Å². The third-order valence-corrected chi connectivity index (χ3v) is 4.17. The van der Waals surface area contributed by atoms with Crippen LogP contribution >= 0.6 is 0 Å². The SMILES string of the molecule is CCCCN(CC)C(=O)C1CCCN(C(=O)C(C)(C)C)C1. The molecule has 0 N–H and O–H groups in total. The van der Waals surface area contributed by atoms with Crippen LogP contribution in [-0.4, -0.2) is 47.8 Å². The smallest absolute Gasteiger partial charge is 0.227 e. The molecular formula is C17H32N2O2. The lowest BCUT2D eigenvalue weighted by Crippen LogP contribution is -2.49. The van der Waals surface area contributed by atoms with Gasteiger partial charge in [-0.2, -0.15) is 0 Å². The van der Waals surface area contributed by atoms with Crippen LogP contribution in [0.25, 0.3) is 0 Å². The lowest BCUT2D eigenvalue weighted by Gasteiger charge is -2.37. The number of likely N-dealkylation sites (tertiary alicyclic amines) is 1. The Morgan fingerprint density at radius 2 is 1.90 bits per heavy atom. The summed E-state index contributed by atoms with van der Waals surface area (Å²) in [7, 11) is 0. The molecule has 4 heteroatoms. The number of unbranched alkanes of at least 4 members (excludes halogenated alkanes) is 1. The van der Waals surface area contributed by atoms with Crippen molar-refractivity contribution in [2.24, 2.45) is 11.3 Å². The van der Waals surface area contributed by atoms with Gasteiger partial charge < -0.3 is 9.80 Å². The number of carbonyl (C=O) groups excluding carboxylic acids is 2. The molecule has 0 saturated carbocycles. The maximum absolute atomic E-state index is 12.6.